The third-order valence-electron chi connectivity index (χ3n) is 2.35. The van der Waals surface area contributed by atoms with Gasteiger partial charge in [0, 0.05) is 28.4 Å². The van der Waals surface area contributed by atoms with E-state index in [9.17, 15) is 4.79 Å². The van der Waals surface area contributed by atoms with Gasteiger partial charge in [-0.15, -0.1) is 11.3 Å². The number of aliphatic carboxylic acids is 1. The van der Waals surface area contributed by atoms with Crippen molar-refractivity contribution in [3.8, 4) is 0 Å². The highest BCUT2D eigenvalue weighted by molar-refractivity contribution is 7.12. The number of nitrogens with one attached hydrogen (secondary N) is 1. The van der Waals surface area contributed by atoms with Crippen LogP contribution in [0, 0.1) is 13.8 Å². The van der Waals surface area contributed by atoms with Crippen molar-refractivity contribution in [1.29, 1.82) is 0 Å². The average Bonchev–Trinajstić information content (AvgIpc) is 2.52. The van der Waals surface area contributed by atoms with Crippen LogP contribution >= 0.6 is 11.3 Å². The summed E-state index contributed by atoms with van der Waals surface area (Å²) >= 11 is 1.79. The summed E-state index contributed by atoms with van der Waals surface area (Å²) in [5.74, 6) is -0.906. The predicted octanol–water partition coefficient (Wildman–Crippen LogP) is 2.66. The van der Waals surface area contributed by atoms with Crippen molar-refractivity contribution >= 4 is 17.3 Å². The molecule has 1 atom stereocenters. The zero-order chi connectivity index (χ0) is 12.1. The SMILES string of the molecule is Cc1cc(C(C)NC/C=C/C(=O)O)c(C)s1. The molecule has 88 valence electrons. The molecule has 0 aliphatic carbocycles. The molecule has 1 rings (SSSR count). The third-order valence-corrected chi connectivity index (χ3v) is 3.33. The second-order valence-corrected chi connectivity index (χ2v) is 5.20. The Morgan fingerprint density at radius 3 is 2.81 bits per heavy atom. The number of carboxylic acids is 1. The van der Waals surface area contributed by atoms with Crippen molar-refractivity contribution in [3.05, 3.63) is 33.5 Å². The van der Waals surface area contributed by atoms with E-state index in [0.29, 0.717) is 6.54 Å². The fourth-order valence-corrected chi connectivity index (χ4v) is 2.62. The van der Waals surface area contributed by atoms with E-state index in [1.54, 1.807) is 17.4 Å². The Morgan fingerprint density at radius 1 is 1.62 bits per heavy atom. The maximum atomic E-state index is 10.3. The van der Waals surface area contributed by atoms with Crippen molar-refractivity contribution in [2.75, 3.05) is 6.54 Å². The minimum Gasteiger partial charge on any atom is -0.478 e. The van der Waals surface area contributed by atoms with Crippen LogP contribution in [-0.2, 0) is 4.79 Å². The molecule has 0 saturated carbocycles. The summed E-state index contributed by atoms with van der Waals surface area (Å²) in [4.78, 5) is 12.9. The maximum Gasteiger partial charge on any atom is 0.328 e. The van der Waals surface area contributed by atoms with Gasteiger partial charge >= 0.3 is 5.97 Å². The number of thiophene rings is 1. The Bertz CT molecular complexity index is 396. The van der Waals surface area contributed by atoms with Crippen LogP contribution in [0.1, 0.15) is 28.3 Å². The first-order chi connectivity index (χ1) is 7.50. The first-order valence-corrected chi connectivity index (χ1v) is 6.02. The molecule has 0 bridgehead atoms. The summed E-state index contributed by atoms with van der Waals surface area (Å²) in [7, 11) is 0. The molecule has 1 aromatic heterocycles. The molecule has 0 saturated heterocycles. The molecule has 1 aromatic rings. The summed E-state index contributed by atoms with van der Waals surface area (Å²) in [5, 5.41) is 11.7. The molecule has 1 unspecified atom stereocenters. The van der Waals surface area contributed by atoms with Crippen LogP contribution in [0.3, 0.4) is 0 Å². The standard InChI is InChI=1S/C12H17NO2S/c1-8-7-11(10(3)16-8)9(2)13-6-4-5-12(14)15/h4-5,7,9,13H,6H2,1-3H3,(H,14,15)/b5-4+. The van der Waals surface area contributed by atoms with Gasteiger partial charge in [0.15, 0.2) is 0 Å². The van der Waals surface area contributed by atoms with Crippen LogP contribution in [0.2, 0.25) is 0 Å². The Kier molecular flexibility index (Phi) is 4.71. The van der Waals surface area contributed by atoms with Crippen LogP contribution in [-0.4, -0.2) is 17.6 Å². The lowest BCUT2D eigenvalue weighted by atomic mass is 10.1. The van der Waals surface area contributed by atoms with E-state index >= 15 is 0 Å². The molecule has 1 heterocycles. The van der Waals surface area contributed by atoms with Gasteiger partial charge in [0.05, 0.1) is 0 Å². The van der Waals surface area contributed by atoms with Gasteiger partial charge < -0.3 is 10.4 Å². The summed E-state index contributed by atoms with van der Waals surface area (Å²) in [6, 6.07) is 2.43. The number of aryl methyl sites for hydroxylation is 2. The molecule has 0 aliphatic heterocycles. The molecule has 0 radical (unpaired) electrons. The van der Waals surface area contributed by atoms with Crippen LogP contribution in [0.5, 0.6) is 0 Å². The topological polar surface area (TPSA) is 49.3 Å². The number of carbonyl (C=O) groups is 1. The van der Waals surface area contributed by atoms with Gasteiger partial charge in [-0.3, -0.25) is 0 Å². The Balaban J connectivity index is 2.49. The molecule has 0 spiro atoms. The van der Waals surface area contributed by atoms with Crippen molar-refractivity contribution < 1.29 is 9.90 Å². The molecule has 16 heavy (non-hydrogen) atoms. The highest BCUT2D eigenvalue weighted by Crippen LogP contribution is 2.25. The van der Waals surface area contributed by atoms with E-state index in [1.807, 2.05) is 0 Å². The number of rotatable bonds is 5. The van der Waals surface area contributed by atoms with Crippen molar-refractivity contribution in [2.45, 2.75) is 26.8 Å². The molecule has 0 fully saturated rings. The van der Waals surface area contributed by atoms with Crippen LogP contribution in [0.25, 0.3) is 0 Å². The minimum atomic E-state index is -0.906. The van der Waals surface area contributed by atoms with E-state index in [1.165, 1.54) is 15.3 Å². The van der Waals surface area contributed by atoms with Gasteiger partial charge in [-0.2, -0.15) is 0 Å². The molecule has 3 nitrogen and oxygen atoms in total. The highest BCUT2D eigenvalue weighted by Gasteiger charge is 2.09. The average molecular weight is 239 g/mol. The summed E-state index contributed by atoms with van der Waals surface area (Å²) in [6.45, 7) is 6.86. The first kappa shape index (κ1) is 12.9. The lowest BCUT2D eigenvalue weighted by molar-refractivity contribution is -0.131. The second kappa shape index (κ2) is 5.82. The van der Waals surface area contributed by atoms with Gasteiger partial charge in [-0.05, 0) is 32.4 Å². The van der Waals surface area contributed by atoms with E-state index in [4.69, 9.17) is 5.11 Å². The zero-order valence-electron chi connectivity index (χ0n) is 9.78. The maximum absolute atomic E-state index is 10.3. The molecule has 0 aliphatic rings. The van der Waals surface area contributed by atoms with Crippen LogP contribution in [0.15, 0.2) is 18.2 Å². The number of hydrogen-bond acceptors (Lipinski definition) is 3. The summed E-state index contributed by atoms with van der Waals surface area (Å²) in [6.07, 6.45) is 2.78. The minimum absolute atomic E-state index is 0.253. The molecule has 0 aromatic carbocycles. The van der Waals surface area contributed by atoms with Gasteiger partial charge in [0.1, 0.15) is 0 Å². The smallest absolute Gasteiger partial charge is 0.328 e. The van der Waals surface area contributed by atoms with Gasteiger partial charge in [-0.25, -0.2) is 4.79 Å². The predicted molar refractivity (Wildman–Crippen MR) is 67.0 cm³/mol. The number of carboxylic acid groups (broad SMARTS) is 1. The van der Waals surface area contributed by atoms with E-state index < -0.39 is 5.97 Å². The van der Waals surface area contributed by atoms with Crippen LogP contribution in [0.4, 0.5) is 0 Å². The van der Waals surface area contributed by atoms with E-state index in [2.05, 4.69) is 32.2 Å². The fraction of sp³-hybridized carbons (Fsp3) is 0.417. The second-order valence-electron chi connectivity index (χ2n) is 3.74. The monoisotopic (exact) mass is 239 g/mol. The van der Waals surface area contributed by atoms with E-state index in [-0.39, 0.29) is 6.04 Å². The molecule has 4 heteroatoms. The van der Waals surface area contributed by atoms with Crippen molar-refractivity contribution in [3.63, 3.8) is 0 Å². The Morgan fingerprint density at radius 2 is 2.31 bits per heavy atom. The third kappa shape index (κ3) is 3.79. The lowest BCUT2D eigenvalue weighted by Gasteiger charge is -2.11. The van der Waals surface area contributed by atoms with Crippen molar-refractivity contribution in [1.82, 2.24) is 5.32 Å². The molecular formula is C12H17NO2S. The van der Waals surface area contributed by atoms with E-state index in [0.717, 1.165) is 6.08 Å². The fourth-order valence-electron chi connectivity index (χ4n) is 1.59. The summed E-state index contributed by atoms with van der Waals surface area (Å²) in [5.41, 5.74) is 1.30. The quantitative estimate of drug-likeness (QED) is 0.777. The number of hydrogen-bond donors (Lipinski definition) is 2. The largest absolute Gasteiger partial charge is 0.478 e. The molecular weight excluding hydrogens is 222 g/mol. The van der Waals surface area contributed by atoms with Crippen LogP contribution < -0.4 is 5.32 Å². The highest BCUT2D eigenvalue weighted by atomic mass is 32.1. The lowest BCUT2D eigenvalue weighted by Crippen LogP contribution is -2.18. The first-order valence-electron chi connectivity index (χ1n) is 5.20. The van der Waals surface area contributed by atoms with Gasteiger partial charge in [0.25, 0.3) is 0 Å². The Hall–Kier alpha value is -1.13. The molecule has 2 N–H and O–H groups in total. The van der Waals surface area contributed by atoms with Gasteiger partial charge in [0.2, 0.25) is 0 Å². The Labute approximate surface area is 99.8 Å². The zero-order valence-corrected chi connectivity index (χ0v) is 10.6. The van der Waals surface area contributed by atoms with Gasteiger partial charge in [-0.1, -0.05) is 6.08 Å². The normalized spacial score (nSPS) is 13.2. The summed E-state index contributed by atoms with van der Waals surface area (Å²) < 4.78 is 0. The van der Waals surface area contributed by atoms with Crippen molar-refractivity contribution in [2.24, 2.45) is 0 Å². The molecule has 0 amide bonds.